The van der Waals surface area contributed by atoms with Crippen molar-refractivity contribution in [3.8, 4) is 0 Å². The first kappa shape index (κ1) is 13.9. The Balaban J connectivity index is 1.70. The zero-order valence-corrected chi connectivity index (χ0v) is 12.3. The molecule has 3 rings (SSSR count). The number of sulfonamides is 1. The van der Waals surface area contributed by atoms with Gasteiger partial charge in [0.1, 0.15) is 0 Å². The van der Waals surface area contributed by atoms with E-state index in [1.165, 1.54) is 25.5 Å². The highest BCUT2D eigenvalue weighted by Crippen LogP contribution is 2.27. The van der Waals surface area contributed by atoms with Crippen molar-refractivity contribution in [1.29, 1.82) is 0 Å². The van der Waals surface area contributed by atoms with Gasteiger partial charge in [0.05, 0.1) is 4.90 Å². The van der Waals surface area contributed by atoms with Crippen LogP contribution in [0, 0.1) is 0 Å². The number of piperidine rings is 1. The van der Waals surface area contributed by atoms with Crippen LogP contribution in [0.1, 0.15) is 25.7 Å². The van der Waals surface area contributed by atoms with E-state index in [1.54, 1.807) is 18.2 Å². The maximum Gasteiger partial charge on any atom is 0.240 e. The number of hydrogen-bond acceptors (Lipinski definition) is 4. The molecule has 1 aromatic rings. The normalized spacial score (nSPS) is 27.4. The Hall–Kier alpha value is -1.11. The Kier molecular flexibility index (Phi) is 3.70. The van der Waals surface area contributed by atoms with Crippen molar-refractivity contribution in [2.24, 2.45) is 0 Å². The molecule has 2 saturated heterocycles. The molecular formula is C14H21N3O2S. The average Bonchev–Trinajstić information content (AvgIpc) is 2.85. The zero-order valence-electron chi connectivity index (χ0n) is 11.5. The Labute approximate surface area is 120 Å². The van der Waals surface area contributed by atoms with Crippen molar-refractivity contribution < 1.29 is 8.42 Å². The number of hydrogen-bond donors (Lipinski definition) is 2. The number of nitrogen functional groups attached to an aromatic ring is 1. The summed E-state index contributed by atoms with van der Waals surface area (Å²) in [7, 11) is -3.46. The Morgan fingerprint density at radius 1 is 1.25 bits per heavy atom. The lowest BCUT2D eigenvalue weighted by Gasteiger charge is -2.34. The minimum atomic E-state index is -3.46. The van der Waals surface area contributed by atoms with Crippen LogP contribution in [0.5, 0.6) is 0 Å². The summed E-state index contributed by atoms with van der Waals surface area (Å²) in [6.45, 7) is 2.16. The van der Waals surface area contributed by atoms with E-state index < -0.39 is 10.0 Å². The first-order valence-electron chi connectivity index (χ1n) is 7.16. The van der Waals surface area contributed by atoms with Crippen molar-refractivity contribution in [3.05, 3.63) is 24.3 Å². The van der Waals surface area contributed by atoms with E-state index in [1.807, 2.05) is 0 Å². The molecular weight excluding hydrogens is 274 g/mol. The fourth-order valence-corrected chi connectivity index (χ4v) is 4.64. The van der Waals surface area contributed by atoms with Crippen molar-refractivity contribution in [2.75, 3.05) is 18.8 Å². The SMILES string of the molecule is Nc1cccc(S(=O)(=O)NC2CCN3CCCC3C2)c1. The van der Waals surface area contributed by atoms with Crippen LogP contribution in [0.25, 0.3) is 0 Å². The summed E-state index contributed by atoms with van der Waals surface area (Å²) in [6.07, 6.45) is 4.23. The van der Waals surface area contributed by atoms with E-state index >= 15 is 0 Å². The summed E-state index contributed by atoms with van der Waals surface area (Å²) in [6, 6.07) is 7.05. The summed E-state index contributed by atoms with van der Waals surface area (Å²) >= 11 is 0. The van der Waals surface area contributed by atoms with Crippen molar-refractivity contribution in [1.82, 2.24) is 9.62 Å². The summed E-state index contributed by atoms with van der Waals surface area (Å²) in [5, 5.41) is 0. The third-order valence-corrected chi connectivity index (χ3v) is 5.83. The molecule has 5 nitrogen and oxygen atoms in total. The highest BCUT2D eigenvalue weighted by molar-refractivity contribution is 7.89. The fourth-order valence-electron chi connectivity index (χ4n) is 3.30. The molecule has 0 spiro atoms. The first-order chi connectivity index (χ1) is 9.54. The summed E-state index contributed by atoms with van der Waals surface area (Å²) < 4.78 is 27.6. The van der Waals surface area contributed by atoms with E-state index in [0.717, 1.165) is 19.4 Å². The fraction of sp³-hybridized carbons (Fsp3) is 0.571. The van der Waals surface area contributed by atoms with Gasteiger partial charge in [0.2, 0.25) is 10.0 Å². The van der Waals surface area contributed by atoms with E-state index in [0.29, 0.717) is 11.7 Å². The molecule has 0 saturated carbocycles. The van der Waals surface area contributed by atoms with Gasteiger partial charge < -0.3 is 10.6 Å². The smallest absolute Gasteiger partial charge is 0.240 e. The first-order valence-corrected chi connectivity index (χ1v) is 8.65. The van der Waals surface area contributed by atoms with Crippen LogP contribution >= 0.6 is 0 Å². The Bertz CT molecular complexity index is 588. The van der Waals surface area contributed by atoms with Crippen LogP contribution in [-0.2, 0) is 10.0 Å². The van der Waals surface area contributed by atoms with E-state index in [-0.39, 0.29) is 10.9 Å². The minimum Gasteiger partial charge on any atom is -0.399 e. The second-order valence-electron chi connectivity index (χ2n) is 5.75. The highest BCUT2D eigenvalue weighted by Gasteiger charge is 2.33. The van der Waals surface area contributed by atoms with Gasteiger partial charge in [-0.05, 0) is 57.0 Å². The van der Waals surface area contributed by atoms with Gasteiger partial charge in [0, 0.05) is 17.8 Å². The van der Waals surface area contributed by atoms with Gasteiger partial charge >= 0.3 is 0 Å². The molecule has 3 N–H and O–H groups in total. The second-order valence-corrected chi connectivity index (χ2v) is 7.46. The predicted octanol–water partition coefficient (Wildman–Crippen LogP) is 1.17. The minimum absolute atomic E-state index is 0.0424. The lowest BCUT2D eigenvalue weighted by molar-refractivity contribution is 0.176. The molecule has 0 aromatic heterocycles. The summed E-state index contributed by atoms with van der Waals surface area (Å²) in [4.78, 5) is 2.73. The third kappa shape index (κ3) is 2.82. The molecule has 0 bridgehead atoms. The van der Waals surface area contributed by atoms with E-state index in [4.69, 9.17) is 5.73 Å². The molecule has 2 atom stereocenters. The van der Waals surface area contributed by atoms with E-state index in [9.17, 15) is 8.42 Å². The zero-order chi connectivity index (χ0) is 14.2. The lowest BCUT2D eigenvalue weighted by atomic mass is 9.99. The summed E-state index contributed by atoms with van der Waals surface area (Å²) in [5.74, 6) is 0. The predicted molar refractivity (Wildman–Crippen MR) is 78.8 cm³/mol. The standard InChI is InChI=1S/C14H21N3O2S/c15-11-3-1-5-14(9-11)20(18,19)16-12-6-8-17-7-2-4-13(17)10-12/h1,3,5,9,12-13,16H,2,4,6-8,10,15H2. The molecule has 2 aliphatic heterocycles. The van der Waals surface area contributed by atoms with Crippen LogP contribution in [0.3, 0.4) is 0 Å². The largest absolute Gasteiger partial charge is 0.399 e. The molecule has 0 radical (unpaired) electrons. The average molecular weight is 295 g/mol. The van der Waals surface area contributed by atoms with Crippen molar-refractivity contribution in [3.63, 3.8) is 0 Å². The molecule has 2 fully saturated rings. The second kappa shape index (κ2) is 5.35. The van der Waals surface area contributed by atoms with Gasteiger partial charge in [-0.1, -0.05) is 6.07 Å². The van der Waals surface area contributed by atoms with Crippen LogP contribution in [0.4, 0.5) is 5.69 Å². The van der Waals surface area contributed by atoms with Crippen LogP contribution < -0.4 is 10.5 Å². The molecule has 110 valence electrons. The number of rotatable bonds is 3. The molecule has 0 aliphatic carbocycles. The number of nitrogens with zero attached hydrogens (tertiary/aromatic N) is 1. The molecule has 1 aromatic carbocycles. The van der Waals surface area contributed by atoms with Gasteiger partial charge in [0.25, 0.3) is 0 Å². The van der Waals surface area contributed by atoms with Crippen LogP contribution in [0.2, 0.25) is 0 Å². The van der Waals surface area contributed by atoms with Crippen LogP contribution in [-0.4, -0.2) is 38.5 Å². The van der Waals surface area contributed by atoms with Crippen molar-refractivity contribution in [2.45, 2.75) is 42.7 Å². The summed E-state index contributed by atoms with van der Waals surface area (Å²) in [5.41, 5.74) is 6.13. The molecule has 6 heteroatoms. The molecule has 2 unspecified atom stereocenters. The molecule has 20 heavy (non-hydrogen) atoms. The number of benzene rings is 1. The molecule has 2 aliphatic rings. The van der Waals surface area contributed by atoms with Gasteiger partial charge in [0.15, 0.2) is 0 Å². The Morgan fingerprint density at radius 3 is 2.90 bits per heavy atom. The highest BCUT2D eigenvalue weighted by atomic mass is 32.2. The van der Waals surface area contributed by atoms with E-state index in [2.05, 4.69) is 9.62 Å². The molecule has 2 heterocycles. The quantitative estimate of drug-likeness (QED) is 0.821. The van der Waals surface area contributed by atoms with Crippen LogP contribution in [0.15, 0.2) is 29.2 Å². The topological polar surface area (TPSA) is 75.4 Å². The van der Waals surface area contributed by atoms with Gasteiger partial charge in [-0.25, -0.2) is 13.1 Å². The van der Waals surface area contributed by atoms with Crippen molar-refractivity contribution >= 4 is 15.7 Å². The maximum atomic E-state index is 12.4. The maximum absolute atomic E-state index is 12.4. The van der Waals surface area contributed by atoms with Gasteiger partial charge in [-0.2, -0.15) is 0 Å². The monoisotopic (exact) mass is 295 g/mol. The van der Waals surface area contributed by atoms with Gasteiger partial charge in [-0.15, -0.1) is 0 Å². The number of fused-ring (bicyclic) bond motifs is 1. The number of nitrogens with two attached hydrogens (primary N) is 1. The lowest BCUT2D eigenvalue weighted by Crippen LogP contribution is -2.47. The third-order valence-electron chi connectivity index (χ3n) is 4.31. The Morgan fingerprint density at radius 2 is 2.10 bits per heavy atom. The molecule has 0 amide bonds. The number of nitrogens with one attached hydrogen (secondary N) is 1. The number of anilines is 1. The van der Waals surface area contributed by atoms with Gasteiger partial charge in [-0.3, -0.25) is 0 Å².